The maximum absolute atomic E-state index is 8.97. The molecule has 0 aliphatic heterocycles. The number of methoxy groups -OCH3 is 1. The third-order valence-corrected chi connectivity index (χ3v) is 2.20. The molecule has 0 radical (unpaired) electrons. The van der Waals surface area contributed by atoms with Crippen molar-refractivity contribution >= 4 is 17.0 Å². The van der Waals surface area contributed by atoms with Gasteiger partial charge in [0.25, 0.3) is 0 Å². The van der Waals surface area contributed by atoms with Gasteiger partial charge in [0.15, 0.2) is 0 Å². The summed E-state index contributed by atoms with van der Waals surface area (Å²) in [6.45, 7) is 7.56. The standard InChI is InChI=1S/C13H17NO2/c1-9(2)12-6-5-11(16-4)7-13(12)14-10(3)8-15/h5-7,15H,1,8H2,2-4H3. The first-order chi connectivity index (χ1) is 7.58. The highest BCUT2D eigenvalue weighted by Crippen LogP contribution is 2.29. The molecule has 3 heteroatoms. The average molecular weight is 219 g/mol. The van der Waals surface area contributed by atoms with Crippen LogP contribution in [0.15, 0.2) is 29.8 Å². The Kier molecular flexibility index (Phi) is 4.26. The van der Waals surface area contributed by atoms with Crippen molar-refractivity contribution < 1.29 is 9.84 Å². The lowest BCUT2D eigenvalue weighted by atomic mass is 10.1. The molecule has 1 aromatic rings. The predicted octanol–water partition coefficient (Wildman–Crippen LogP) is 2.81. The Morgan fingerprint density at radius 3 is 2.62 bits per heavy atom. The van der Waals surface area contributed by atoms with Gasteiger partial charge in [-0.15, -0.1) is 0 Å². The van der Waals surface area contributed by atoms with Crippen molar-refractivity contribution in [2.45, 2.75) is 13.8 Å². The van der Waals surface area contributed by atoms with Crippen molar-refractivity contribution in [3.05, 3.63) is 30.3 Å². The van der Waals surface area contributed by atoms with Crippen LogP contribution >= 0.6 is 0 Å². The summed E-state index contributed by atoms with van der Waals surface area (Å²) < 4.78 is 5.14. The van der Waals surface area contributed by atoms with Crippen molar-refractivity contribution in [1.82, 2.24) is 0 Å². The fourth-order valence-electron chi connectivity index (χ4n) is 1.33. The summed E-state index contributed by atoms with van der Waals surface area (Å²) in [4.78, 5) is 4.33. The van der Waals surface area contributed by atoms with Crippen LogP contribution in [0.4, 0.5) is 5.69 Å². The summed E-state index contributed by atoms with van der Waals surface area (Å²) in [6, 6.07) is 5.63. The largest absolute Gasteiger partial charge is 0.497 e. The second kappa shape index (κ2) is 5.47. The van der Waals surface area contributed by atoms with Gasteiger partial charge in [-0.05, 0) is 31.6 Å². The van der Waals surface area contributed by atoms with Crippen LogP contribution in [0.2, 0.25) is 0 Å². The first-order valence-electron chi connectivity index (χ1n) is 5.07. The summed E-state index contributed by atoms with van der Waals surface area (Å²) in [6.07, 6.45) is 0. The zero-order valence-electron chi connectivity index (χ0n) is 9.95. The number of hydrogen-bond acceptors (Lipinski definition) is 3. The molecule has 16 heavy (non-hydrogen) atoms. The quantitative estimate of drug-likeness (QED) is 0.791. The van der Waals surface area contributed by atoms with E-state index in [1.165, 1.54) is 0 Å². The van der Waals surface area contributed by atoms with Crippen LogP contribution in [-0.2, 0) is 0 Å². The highest BCUT2D eigenvalue weighted by molar-refractivity contribution is 5.87. The Morgan fingerprint density at radius 1 is 1.44 bits per heavy atom. The molecule has 0 fully saturated rings. The van der Waals surface area contributed by atoms with Gasteiger partial charge in [0.1, 0.15) is 5.75 Å². The number of rotatable bonds is 4. The van der Waals surface area contributed by atoms with E-state index in [1.54, 1.807) is 14.0 Å². The fraction of sp³-hybridized carbons (Fsp3) is 0.308. The third kappa shape index (κ3) is 2.94. The normalized spacial score (nSPS) is 11.4. The first kappa shape index (κ1) is 12.5. The summed E-state index contributed by atoms with van der Waals surface area (Å²) in [7, 11) is 1.61. The molecule has 0 aromatic heterocycles. The van der Waals surface area contributed by atoms with E-state index in [4.69, 9.17) is 9.84 Å². The van der Waals surface area contributed by atoms with Gasteiger partial charge in [0.05, 0.1) is 19.4 Å². The molecule has 0 saturated heterocycles. The van der Waals surface area contributed by atoms with Crippen molar-refractivity contribution in [3.63, 3.8) is 0 Å². The van der Waals surface area contributed by atoms with Gasteiger partial charge in [0, 0.05) is 17.3 Å². The number of aliphatic hydroxyl groups is 1. The van der Waals surface area contributed by atoms with E-state index in [0.29, 0.717) is 5.71 Å². The van der Waals surface area contributed by atoms with Crippen LogP contribution in [0.1, 0.15) is 19.4 Å². The van der Waals surface area contributed by atoms with Gasteiger partial charge < -0.3 is 9.84 Å². The molecule has 0 amide bonds. The van der Waals surface area contributed by atoms with Crippen molar-refractivity contribution in [2.24, 2.45) is 4.99 Å². The lowest BCUT2D eigenvalue weighted by molar-refractivity contribution is 0.357. The van der Waals surface area contributed by atoms with E-state index in [1.807, 2.05) is 25.1 Å². The lowest BCUT2D eigenvalue weighted by Crippen LogP contribution is -1.97. The highest BCUT2D eigenvalue weighted by atomic mass is 16.5. The Labute approximate surface area is 96.1 Å². The number of benzene rings is 1. The van der Waals surface area contributed by atoms with Gasteiger partial charge in [-0.25, -0.2) is 0 Å². The molecule has 1 aromatic carbocycles. The van der Waals surface area contributed by atoms with Crippen LogP contribution in [0, 0.1) is 0 Å². The second-order valence-electron chi connectivity index (χ2n) is 3.67. The van der Waals surface area contributed by atoms with E-state index in [2.05, 4.69) is 11.6 Å². The van der Waals surface area contributed by atoms with E-state index < -0.39 is 0 Å². The van der Waals surface area contributed by atoms with Crippen LogP contribution in [0.3, 0.4) is 0 Å². The molecule has 0 aliphatic rings. The van der Waals surface area contributed by atoms with Gasteiger partial charge in [-0.2, -0.15) is 0 Å². The third-order valence-electron chi connectivity index (χ3n) is 2.20. The smallest absolute Gasteiger partial charge is 0.121 e. The van der Waals surface area contributed by atoms with Crippen LogP contribution in [0.25, 0.3) is 5.57 Å². The topological polar surface area (TPSA) is 41.8 Å². The molecule has 3 nitrogen and oxygen atoms in total. The molecule has 0 atom stereocenters. The maximum Gasteiger partial charge on any atom is 0.121 e. The maximum atomic E-state index is 8.97. The minimum Gasteiger partial charge on any atom is -0.497 e. The molecular weight excluding hydrogens is 202 g/mol. The molecule has 0 spiro atoms. The number of ether oxygens (including phenoxy) is 1. The van der Waals surface area contributed by atoms with Gasteiger partial charge in [-0.3, -0.25) is 4.99 Å². The second-order valence-corrected chi connectivity index (χ2v) is 3.67. The van der Waals surface area contributed by atoms with Gasteiger partial charge >= 0.3 is 0 Å². The number of nitrogens with zero attached hydrogens (tertiary/aromatic N) is 1. The van der Waals surface area contributed by atoms with Crippen molar-refractivity contribution in [1.29, 1.82) is 0 Å². The SMILES string of the molecule is C=C(C)c1ccc(OC)cc1N=C(C)CO. The summed E-state index contributed by atoms with van der Waals surface area (Å²) in [5.41, 5.74) is 3.34. The summed E-state index contributed by atoms with van der Waals surface area (Å²) in [5, 5.41) is 8.97. The van der Waals surface area contributed by atoms with Gasteiger partial charge in [-0.1, -0.05) is 6.58 Å². The molecule has 0 saturated carbocycles. The van der Waals surface area contributed by atoms with Crippen LogP contribution < -0.4 is 4.74 Å². The Balaban J connectivity index is 3.25. The lowest BCUT2D eigenvalue weighted by Gasteiger charge is -2.08. The predicted molar refractivity (Wildman–Crippen MR) is 67.6 cm³/mol. The molecule has 0 aliphatic carbocycles. The molecule has 86 valence electrons. The van der Waals surface area contributed by atoms with E-state index in [9.17, 15) is 0 Å². The highest BCUT2D eigenvalue weighted by Gasteiger charge is 2.04. The molecular formula is C13H17NO2. The Hall–Kier alpha value is -1.61. The average Bonchev–Trinajstić information content (AvgIpc) is 2.28. The van der Waals surface area contributed by atoms with E-state index in [-0.39, 0.29) is 6.61 Å². The molecule has 0 bridgehead atoms. The number of hydrogen-bond donors (Lipinski definition) is 1. The number of aliphatic hydroxyl groups excluding tert-OH is 1. The Morgan fingerprint density at radius 2 is 2.12 bits per heavy atom. The minimum absolute atomic E-state index is 0.0488. The minimum atomic E-state index is -0.0488. The first-order valence-corrected chi connectivity index (χ1v) is 5.07. The van der Waals surface area contributed by atoms with Crippen LogP contribution in [-0.4, -0.2) is 24.5 Å². The zero-order chi connectivity index (χ0) is 12.1. The van der Waals surface area contributed by atoms with Crippen molar-refractivity contribution in [2.75, 3.05) is 13.7 Å². The van der Waals surface area contributed by atoms with Crippen molar-refractivity contribution in [3.8, 4) is 5.75 Å². The van der Waals surface area contributed by atoms with E-state index in [0.717, 1.165) is 22.6 Å². The summed E-state index contributed by atoms with van der Waals surface area (Å²) in [5.74, 6) is 0.745. The molecule has 0 heterocycles. The number of allylic oxidation sites excluding steroid dienone is 1. The molecule has 1 rings (SSSR count). The molecule has 1 N–H and O–H groups in total. The fourth-order valence-corrected chi connectivity index (χ4v) is 1.33. The Bertz CT molecular complexity index is 422. The van der Waals surface area contributed by atoms with Gasteiger partial charge in [0.2, 0.25) is 0 Å². The summed E-state index contributed by atoms with van der Waals surface area (Å²) >= 11 is 0. The monoisotopic (exact) mass is 219 g/mol. The zero-order valence-corrected chi connectivity index (χ0v) is 9.95. The molecule has 0 unspecified atom stereocenters. The number of aliphatic imine (C=N–C) groups is 1. The van der Waals surface area contributed by atoms with E-state index >= 15 is 0 Å². The van der Waals surface area contributed by atoms with Crippen LogP contribution in [0.5, 0.6) is 5.75 Å².